The van der Waals surface area contributed by atoms with Gasteiger partial charge in [-0.25, -0.2) is 0 Å². The monoisotopic (exact) mass is 135 g/mol. The quantitative estimate of drug-likeness (QED) is 0.494. The summed E-state index contributed by atoms with van der Waals surface area (Å²) in [4.78, 5) is 0. The van der Waals surface area contributed by atoms with Gasteiger partial charge >= 0.3 is 0 Å². The molecule has 1 aliphatic heterocycles. The molecule has 0 aromatic rings. The lowest BCUT2D eigenvalue weighted by Crippen LogP contribution is -2.24. The van der Waals surface area contributed by atoms with Crippen molar-refractivity contribution in [1.82, 2.24) is 5.32 Å². The Hall–Kier alpha value is 0.210. The highest BCUT2D eigenvalue weighted by Crippen LogP contribution is 2.10. The molecule has 0 amide bonds. The topological polar surface area (TPSA) is 32.3 Å². The summed E-state index contributed by atoms with van der Waals surface area (Å²) < 4.78 is 0. The molecular formula is C5H10ClNO. The van der Waals surface area contributed by atoms with Gasteiger partial charge in [-0.15, -0.1) is 11.6 Å². The first-order valence-corrected chi connectivity index (χ1v) is 3.25. The fourth-order valence-electron chi connectivity index (χ4n) is 0.909. The van der Waals surface area contributed by atoms with Gasteiger partial charge in [-0.05, 0) is 6.42 Å². The molecule has 0 bridgehead atoms. The molecule has 2 nitrogen and oxygen atoms in total. The Morgan fingerprint density at radius 1 is 1.75 bits per heavy atom. The smallest absolute Gasteiger partial charge is 0.0585 e. The normalized spacial score (nSPS) is 38.2. The predicted octanol–water partition coefficient (Wildman–Crippen LogP) is -0.0520. The van der Waals surface area contributed by atoms with Crippen molar-refractivity contribution in [3.05, 3.63) is 0 Å². The summed E-state index contributed by atoms with van der Waals surface area (Å²) in [6.07, 6.45) is 0.901. The lowest BCUT2D eigenvalue weighted by molar-refractivity contribution is 0.255. The largest absolute Gasteiger partial charge is 0.395 e. The van der Waals surface area contributed by atoms with E-state index < -0.39 is 0 Å². The highest BCUT2D eigenvalue weighted by atomic mass is 35.5. The van der Waals surface area contributed by atoms with Crippen molar-refractivity contribution in [3.8, 4) is 0 Å². The zero-order valence-corrected chi connectivity index (χ0v) is 5.36. The van der Waals surface area contributed by atoms with Gasteiger partial charge in [0.25, 0.3) is 0 Å². The molecule has 3 heteroatoms. The second kappa shape index (κ2) is 2.67. The number of aliphatic hydroxyl groups excluding tert-OH is 1. The predicted molar refractivity (Wildman–Crippen MR) is 33.1 cm³/mol. The SMILES string of the molecule is OC[C@@H]1C[C@H](Cl)CN1. The average molecular weight is 136 g/mol. The van der Waals surface area contributed by atoms with Crippen LogP contribution in [0, 0.1) is 0 Å². The zero-order valence-electron chi connectivity index (χ0n) is 4.60. The summed E-state index contributed by atoms with van der Waals surface area (Å²) in [5.74, 6) is 0. The molecule has 8 heavy (non-hydrogen) atoms. The first kappa shape index (κ1) is 6.33. The Bertz CT molecular complexity index is 78.8. The maximum Gasteiger partial charge on any atom is 0.0585 e. The van der Waals surface area contributed by atoms with E-state index in [2.05, 4.69) is 5.32 Å². The van der Waals surface area contributed by atoms with Crippen LogP contribution in [0.5, 0.6) is 0 Å². The molecule has 1 saturated heterocycles. The van der Waals surface area contributed by atoms with Gasteiger partial charge in [-0.2, -0.15) is 0 Å². The summed E-state index contributed by atoms with van der Waals surface area (Å²) in [6, 6.07) is 0.248. The third-order valence-corrected chi connectivity index (χ3v) is 1.72. The third-order valence-electron chi connectivity index (χ3n) is 1.39. The zero-order chi connectivity index (χ0) is 5.98. The summed E-state index contributed by atoms with van der Waals surface area (Å²) >= 11 is 5.71. The standard InChI is InChI=1S/C5H10ClNO/c6-4-1-5(3-8)7-2-4/h4-5,7-8H,1-3H2/t4-,5-/m0/s1. The molecule has 1 heterocycles. The van der Waals surface area contributed by atoms with Crippen molar-refractivity contribution < 1.29 is 5.11 Å². The molecular weight excluding hydrogens is 126 g/mol. The van der Waals surface area contributed by atoms with Crippen molar-refractivity contribution in [3.63, 3.8) is 0 Å². The lowest BCUT2D eigenvalue weighted by atomic mass is 10.2. The van der Waals surface area contributed by atoms with Crippen LogP contribution in [0.1, 0.15) is 6.42 Å². The fourth-order valence-corrected chi connectivity index (χ4v) is 1.21. The molecule has 0 spiro atoms. The Morgan fingerprint density at radius 2 is 2.50 bits per heavy atom. The van der Waals surface area contributed by atoms with Crippen molar-refractivity contribution in [2.45, 2.75) is 17.8 Å². The second-order valence-electron chi connectivity index (χ2n) is 2.12. The number of hydrogen-bond acceptors (Lipinski definition) is 2. The maximum absolute atomic E-state index is 8.56. The number of aliphatic hydroxyl groups is 1. The van der Waals surface area contributed by atoms with Crippen LogP contribution in [0.15, 0.2) is 0 Å². The van der Waals surface area contributed by atoms with E-state index in [4.69, 9.17) is 16.7 Å². The summed E-state index contributed by atoms with van der Waals surface area (Å²) in [5.41, 5.74) is 0. The molecule has 0 aromatic heterocycles. The van der Waals surface area contributed by atoms with Crippen molar-refractivity contribution in [1.29, 1.82) is 0 Å². The minimum absolute atomic E-state index is 0.212. The average Bonchev–Trinajstić information content (AvgIpc) is 2.14. The molecule has 1 fully saturated rings. The van der Waals surface area contributed by atoms with Crippen LogP contribution in [-0.2, 0) is 0 Å². The molecule has 48 valence electrons. The lowest BCUT2D eigenvalue weighted by Gasteiger charge is -2.01. The maximum atomic E-state index is 8.56. The van der Waals surface area contributed by atoms with Crippen LogP contribution in [-0.4, -0.2) is 29.7 Å². The van der Waals surface area contributed by atoms with Crippen LogP contribution in [0.3, 0.4) is 0 Å². The van der Waals surface area contributed by atoms with Crippen LogP contribution in [0.25, 0.3) is 0 Å². The van der Waals surface area contributed by atoms with Gasteiger partial charge in [0.1, 0.15) is 0 Å². The third kappa shape index (κ3) is 1.34. The first-order valence-electron chi connectivity index (χ1n) is 2.81. The molecule has 0 aliphatic carbocycles. The van der Waals surface area contributed by atoms with Gasteiger partial charge < -0.3 is 10.4 Å². The van der Waals surface area contributed by atoms with Crippen LogP contribution in [0.4, 0.5) is 0 Å². The number of rotatable bonds is 1. The van der Waals surface area contributed by atoms with Gasteiger partial charge in [-0.1, -0.05) is 0 Å². The van der Waals surface area contributed by atoms with E-state index in [0.29, 0.717) is 0 Å². The number of nitrogens with one attached hydrogen (secondary N) is 1. The second-order valence-corrected chi connectivity index (χ2v) is 2.74. The first-order chi connectivity index (χ1) is 3.83. The number of halogens is 1. The van der Waals surface area contributed by atoms with Gasteiger partial charge in [0.15, 0.2) is 0 Å². The minimum Gasteiger partial charge on any atom is -0.395 e. The van der Waals surface area contributed by atoms with Crippen LogP contribution >= 0.6 is 11.6 Å². The number of hydrogen-bond donors (Lipinski definition) is 2. The Balaban J connectivity index is 2.22. The molecule has 2 N–H and O–H groups in total. The fraction of sp³-hybridized carbons (Fsp3) is 1.00. The number of alkyl halides is 1. The van der Waals surface area contributed by atoms with Crippen molar-refractivity contribution in [2.75, 3.05) is 13.2 Å². The van der Waals surface area contributed by atoms with Crippen molar-refractivity contribution >= 4 is 11.6 Å². The highest BCUT2D eigenvalue weighted by molar-refractivity contribution is 6.21. The van der Waals surface area contributed by atoms with Gasteiger partial charge in [0, 0.05) is 18.0 Å². The van der Waals surface area contributed by atoms with E-state index in [0.717, 1.165) is 13.0 Å². The molecule has 1 rings (SSSR count). The summed E-state index contributed by atoms with van der Waals surface area (Å²) in [6.45, 7) is 1.05. The molecule has 1 aliphatic rings. The van der Waals surface area contributed by atoms with Gasteiger partial charge in [0.2, 0.25) is 0 Å². The Kier molecular flexibility index (Phi) is 2.11. The Morgan fingerprint density at radius 3 is 2.75 bits per heavy atom. The molecule has 2 atom stereocenters. The van der Waals surface area contributed by atoms with Gasteiger partial charge in [0.05, 0.1) is 6.61 Å². The summed E-state index contributed by atoms with van der Waals surface area (Å²) in [7, 11) is 0. The molecule has 0 radical (unpaired) electrons. The van der Waals surface area contributed by atoms with Crippen LogP contribution < -0.4 is 5.32 Å². The molecule has 0 saturated carbocycles. The van der Waals surface area contributed by atoms with E-state index in [9.17, 15) is 0 Å². The summed E-state index contributed by atoms with van der Waals surface area (Å²) in [5, 5.41) is 11.9. The van der Waals surface area contributed by atoms with E-state index in [1.807, 2.05) is 0 Å². The minimum atomic E-state index is 0.212. The van der Waals surface area contributed by atoms with Gasteiger partial charge in [-0.3, -0.25) is 0 Å². The molecule has 0 unspecified atom stereocenters. The molecule has 0 aromatic carbocycles. The van der Waals surface area contributed by atoms with Crippen LogP contribution in [0.2, 0.25) is 0 Å². The van der Waals surface area contributed by atoms with E-state index in [-0.39, 0.29) is 18.0 Å². The van der Waals surface area contributed by atoms with E-state index in [1.165, 1.54) is 0 Å². The highest BCUT2D eigenvalue weighted by Gasteiger charge is 2.20. The van der Waals surface area contributed by atoms with E-state index in [1.54, 1.807) is 0 Å². The van der Waals surface area contributed by atoms with Crippen molar-refractivity contribution in [2.24, 2.45) is 0 Å². The Labute approximate surface area is 53.8 Å². The van der Waals surface area contributed by atoms with E-state index >= 15 is 0 Å².